The summed E-state index contributed by atoms with van der Waals surface area (Å²) in [4.78, 5) is 46.3. The maximum absolute atomic E-state index is 9.26. The molecular formula is C15H25O10V. The summed E-state index contributed by atoms with van der Waals surface area (Å²) in [5.74, 6) is -4.98. The molecule has 0 rings (SSSR count). The molecule has 26 heavy (non-hydrogen) atoms. The summed E-state index contributed by atoms with van der Waals surface area (Å²) in [7, 11) is 0. The second-order valence-electron chi connectivity index (χ2n) is 3.63. The van der Waals surface area contributed by atoms with Gasteiger partial charge in [-0.2, -0.15) is 0 Å². The van der Waals surface area contributed by atoms with E-state index in [1.165, 1.54) is 34.6 Å². The summed E-state index contributed by atoms with van der Waals surface area (Å²) in [6.45, 7) is 7.69. The van der Waals surface area contributed by atoms with Gasteiger partial charge in [-0.15, -0.1) is 0 Å². The average Bonchev–Trinajstić information content (AvgIpc) is 2.56. The van der Waals surface area contributed by atoms with Crippen molar-refractivity contribution in [3.63, 3.8) is 0 Å². The molecule has 0 saturated heterocycles. The Bertz CT molecular complexity index is 288. The van der Waals surface area contributed by atoms with E-state index in [0.717, 1.165) is 0 Å². The first-order valence-corrected chi connectivity index (χ1v) is 7.34. The van der Waals surface area contributed by atoms with Crippen LogP contribution in [0.1, 0.15) is 66.7 Å². The van der Waals surface area contributed by atoms with E-state index < -0.39 is 29.8 Å². The van der Waals surface area contributed by atoms with Crippen molar-refractivity contribution in [2.75, 3.05) is 0 Å². The van der Waals surface area contributed by atoms with Gasteiger partial charge in [-0.25, -0.2) is 0 Å². The van der Waals surface area contributed by atoms with Crippen molar-refractivity contribution in [2.45, 2.75) is 66.7 Å². The van der Waals surface area contributed by atoms with Gasteiger partial charge in [0.2, 0.25) is 0 Å². The molecule has 0 aromatic rings. The zero-order chi connectivity index (χ0) is 21.4. The maximum Gasteiger partial charge on any atom is 5.00 e. The van der Waals surface area contributed by atoms with Crippen molar-refractivity contribution in [3.8, 4) is 0 Å². The Balaban J connectivity index is -0.0000000476. The van der Waals surface area contributed by atoms with Crippen LogP contribution in [0.4, 0.5) is 0 Å². The van der Waals surface area contributed by atoms with Crippen molar-refractivity contribution in [3.05, 3.63) is 0 Å². The molecule has 0 saturated carbocycles. The van der Waals surface area contributed by atoms with Crippen LogP contribution < -0.4 is 25.5 Å². The molecular weight excluding hydrogens is 391 g/mol. The van der Waals surface area contributed by atoms with E-state index >= 15 is 0 Å². The molecule has 0 bridgehead atoms. The van der Waals surface area contributed by atoms with E-state index in [9.17, 15) is 49.5 Å². The second kappa shape index (κ2) is 34.3. The van der Waals surface area contributed by atoms with Crippen LogP contribution in [0.15, 0.2) is 0 Å². The summed E-state index contributed by atoms with van der Waals surface area (Å²) < 4.78 is 0. The zero-order valence-corrected chi connectivity index (χ0v) is 17.0. The quantitative estimate of drug-likeness (QED) is 0.422. The summed E-state index contributed by atoms with van der Waals surface area (Å²) >= 11 is 0. The number of carbonyl (C=O) groups excluding carboxylic acids is 5. The van der Waals surface area contributed by atoms with Crippen LogP contribution in [0.25, 0.3) is 0 Å². The number of hydrogen-bond donors (Lipinski definition) is 0. The van der Waals surface area contributed by atoms with Gasteiger partial charge in [-0.3, -0.25) is 0 Å². The van der Waals surface area contributed by atoms with Crippen LogP contribution in [0.3, 0.4) is 0 Å². The fraction of sp³-hybridized carbons (Fsp3) is 0.667. The molecule has 0 aliphatic rings. The van der Waals surface area contributed by atoms with E-state index in [1.54, 1.807) is 0 Å². The van der Waals surface area contributed by atoms with Gasteiger partial charge < -0.3 is 49.5 Å². The third-order valence-electron chi connectivity index (χ3n) is 1.44. The molecule has 0 fully saturated rings. The van der Waals surface area contributed by atoms with Gasteiger partial charge in [0, 0.05) is 29.8 Å². The number of carboxylic acid groups (broad SMARTS) is 5. The van der Waals surface area contributed by atoms with E-state index in [-0.39, 0.29) is 50.7 Å². The molecule has 11 heteroatoms. The smallest absolute Gasteiger partial charge is 0.550 e. The second-order valence-corrected chi connectivity index (χ2v) is 3.63. The number of hydrogen-bond acceptors (Lipinski definition) is 10. The van der Waals surface area contributed by atoms with Gasteiger partial charge in [-0.05, 0) is 32.1 Å². The van der Waals surface area contributed by atoms with Gasteiger partial charge in [0.1, 0.15) is 0 Å². The summed E-state index contributed by atoms with van der Waals surface area (Å²) in [6, 6.07) is 0. The Morgan fingerprint density at radius 2 is 0.462 bits per heavy atom. The number of carboxylic acids is 5. The SMILES string of the molecule is CCC(=O)[O-].CCC(=O)[O-].CCC(=O)[O-].CCC(=O)[O-].CCC(=O)[O-].[V+5]. The Morgan fingerprint density at radius 1 is 0.423 bits per heavy atom. The van der Waals surface area contributed by atoms with E-state index in [2.05, 4.69) is 0 Å². The van der Waals surface area contributed by atoms with Crippen LogP contribution in [-0.4, -0.2) is 29.8 Å². The van der Waals surface area contributed by atoms with Gasteiger partial charge in [-0.1, -0.05) is 34.6 Å². The third-order valence-corrected chi connectivity index (χ3v) is 1.44. The average molecular weight is 416 g/mol. The van der Waals surface area contributed by atoms with Gasteiger partial charge in [0.15, 0.2) is 0 Å². The molecule has 0 radical (unpaired) electrons. The van der Waals surface area contributed by atoms with Crippen LogP contribution in [0.5, 0.6) is 0 Å². The first-order valence-electron chi connectivity index (χ1n) is 7.34. The predicted octanol–water partition coefficient (Wildman–Crippen LogP) is -4.27. The number of aliphatic carboxylic acids is 5. The fourth-order valence-electron chi connectivity index (χ4n) is 0. The molecule has 0 aromatic heterocycles. The monoisotopic (exact) mass is 416 g/mol. The van der Waals surface area contributed by atoms with Crippen LogP contribution in [0, 0.1) is 0 Å². The molecule has 0 spiro atoms. The van der Waals surface area contributed by atoms with Crippen LogP contribution in [-0.2, 0) is 42.5 Å². The molecule has 0 N–H and O–H groups in total. The van der Waals surface area contributed by atoms with Gasteiger partial charge >= 0.3 is 18.6 Å². The first-order chi connectivity index (χ1) is 11.4. The molecule has 0 unspecified atom stereocenters. The van der Waals surface area contributed by atoms with Crippen molar-refractivity contribution in [2.24, 2.45) is 0 Å². The minimum atomic E-state index is -0.995. The first kappa shape index (κ1) is 39.1. The van der Waals surface area contributed by atoms with Crippen LogP contribution >= 0.6 is 0 Å². The normalized spacial score (nSPS) is 7.12. The molecule has 150 valence electrons. The van der Waals surface area contributed by atoms with E-state index in [1.807, 2.05) is 0 Å². The molecule has 10 nitrogen and oxygen atoms in total. The molecule has 0 amide bonds. The van der Waals surface area contributed by atoms with E-state index in [4.69, 9.17) is 0 Å². The standard InChI is InChI=1S/5C3H6O2.V/c5*1-2-3(4)5;/h5*2H2,1H3,(H,4,5);/q;;;;;+5/p-5. The van der Waals surface area contributed by atoms with Crippen molar-refractivity contribution >= 4 is 29.8 Å². The summed E-state index contributed by atoms with van der Waals surface area (Å²) in [5, 5.41) is 46.3. The van der Waals surface area contributed by atoms with E-state index in [0.29, 0.717) is 0 Å². The van der Waals surface area contributed by atoms with Crippen molar-refractivity contribution in [1.29, 1.82) is 0 Å². The molecule has 0 aliphatic carbocycles. The Hall–Kier alpha value is -2.07. The number of rotatable bonds is 5. The van der Waals surface area contributed by atoms with Gasteiger partial charge in [0.25, 0.3) is 0 Å². The largest absolute Gasteiger partial charge is 5.00 e. The van der Waals surface area contributed by atoms with Crippen LogP contribution in [0.2, 0.25) is 0 Å². The topological polar surface area (TPSA) is 201 Å². The molecule has 0 aromatic carbocycles. The minimum Gasteiger partial charge on any atom is -0.550 e. The molecule has 0 heterocycles. The maximum atomic E-state index is 9.26. The molecule has 0 atom stereocenters. The summed E-state index contributed by atoms with van der Waals surface area (Å²) in [5.41, 5.74) is 0. The third kappa shape index (κ3) is 153. The number of carbonyl (C=O) groups is 5. The Morgan fingerprint density at radius 3 is 0.462 bits per heavy atom. The Labute approximate surface area is 165 Å². The minimum absolute atomic E-state index is 0. The summed E-state index contributed by atoms with van der Waals surface area (Å²) in [6.07, 6.45) is 0.556. The Kier molecular flexibility index (Phi) is 51.6. The molecule has 0 aliphatic heterocycles. The fourth-order valence-corrected chi connectivity index (χ4v) is 0. The van der Waals surface area contributed by atoms with Crippen molar-refractivity contribution < 1.29 is 68.1 Å². The zero-order valence-electron chi connectivity index (χ0n) is 15.6. The van der Waals surface area contributed by atoms with Crippen molar-refractivity contribution in [1.82, 2.24) is 0 Å². The predicted molar refractivity (Wildman–Crippen MR) is 76.5 cm³/mol. The van der Waals surface area contributed by atoms with Gasteiger partial charge in [0.05, 0.1) is 0 Å².